The molecule has 3 nitrogen and oxygen atoms in total. The Morgan fingerprint density at radius 3 is 2.33 bits per heavy atom. The minimum Gasteiger partial charge on any atom is -0.465 e. The number of nitrogens with two attached hydrogens (primary N) is 1. The first-order valence-electron chi connectivity index (χ1n) is 3.87. The molecular weight excluding hydrogens is 152 g/mol. The molecule has 0 bridgehead atoms. The summed E-state index contributed by atoms with van der Waals surface area (Å²) in [5.41, 5.74) is 5.27. The van der Waals surface area contributed by atoms with Gasteiger partial charge < -0.3 is 10.2 Å². The lowest BCUT2D eigenvalue weighted by atomic mass is 10.4. The van der Waals surface area contributed by atoms with Crippen LogP contribution in [0, 0.1) is 18.3 Å². The van der Waals surface area contributed by atoms with Crippen LogP contribution in [0.4, 0.5) is 0 Å². The number of hydrogen-bond donors (Lipinski definition) is 1. The fourth-order valence-corrected chi connectivity index (χ4v) is 0.595. The van der Waals surface area contributed by atoms with E-state index in [0.717, 1.165) is 11.5 Å². The van der Waals surface area contributed by atoms with Crippen LogP contribution in [0.1, 0.15) is 24.9 Å². The maximum Gasteiger partial charge on any atom is 0.117 e. The van der Waals surface area contributed by atoms with Gasteiger partial charge in [-0.25, -0.2) is 0 Å². The summed E-state index contributed by atoms with van der Waals surface area (Å²) in [4.78, 5) is 0. The molecule has 0 aliphatic carbocycles. The Morgan fingerprint density at radius 1 is 1.58 bits per heavy atom. The summed E-state index contributed by atoms with van der Waals surface area (Å²) in [6.07, 6.45) is 0.625. The van der Waals surface area contributed by atoms with Crippen LogP contribution in [-0.2, 0) is 6.54 Å². The Labute approximate surface area is 72.8 Å². The van der Waals surface area contributed by atoms with Crippen molar-refractivity contribution in [3.8, 4) is 6.07 Å². The third kappa shape index (κ3) is 4.53. The summed E-state index contributed by atoms with van der Waals surface area (Å²) in [6.45, 7) is 4.22. The maximum absolute atomic E-state index is 7.62. The molecule has 0 amide bonds. The van der Waals surface area contributed by atoms with E-state index in [2.05, 4.69) is 0 Å². The van der Waals surface area contributed by atoms with Crippen molar-refractivity contribution in [2.45, 2.75) is 26.8 Å². The van der Waals surface area contributed by atoms with Gasteiger partial charge in [0.25, 0.3) is 0 Å². The zero-order valence-electron chi connectivity index (χ0n) is 7.50. The lowest BCUT2D eigenvalue weighted by Crippen LogP contribution is -1.92. The summed E-state index contributed by atoms with van der Waals surface area (Å²) in [6, 6.07) is 5.72. The van der Waals surface area contributed by atoms with Gasteiger partial charge in [-0.2, -0.15) is 5.26 Å². The molecule has 3 heteroatoms. The fraction of sp³-hybridized carbons (Fsp3) is 0.444. The molecule has 0 atom stereocenters. The predicted molar refractivity (Wildman–Crippen MR) is 47.2 cm³/mol. The standard InChI is InChI=1S/C6H9NO.C3H5N/c1-5-2-3-6(4-7)8-5;1-2-3-4/h2-3H,4,7H2,1H3;2H2,1H3. The molecule has 0 aliphatic heterocycles. The van der Waals surface area contributed by atoms with Gasteiger partial charge in [-0.3, -0.25) is 0 Å². The van der Waals surface area contributed by atoms with E-state index >= 15 is 0 Å². The molecule has 0 saturated heterocycles. The van der Waals surface area contributed by atoms with Gasteiger partial charge in [-0.1, -0.05) is 6.92 Å². The third-order valence-corrected chi connectivity index (χ3v) is 1.16. The average molecular weight is 166 g/mol. The SMILES string of the molecule is CCC#N.Cc1ccc(CN)o1. The molecule has 0 saturated carbocycles. The highest BCUT2D eigenvalue weighted by atomic mass is 16.3. The van der Waals surface area contributed by atoms with Crippen LogP contribution < -0.4 is 5.73 Å². The zero-order valence-corrected chi connectivity index (χ0v) is 7.50. The third-order valence-electron chi connectivity index (χ3n) is 1.16. The van der Waals surface area contributed by atoms with E-state index < -0.39 is 0 Å². The van der Waals surface area contributed by atoms with Gasteiger partial charge in [-0.05, 0) is 19.1 Å². The Bertz CT molecular complexity index is 247. The number of furan rings is 1. The Morgan fingerprint density at radius 2 is 2.17 bits per heavy atom. The van der Waals surface area contributed by atoms with E-state index in [1.807, 2.05) is 32.0 Å². The monoisotopic (exact) mass is 166 g/mol. The van der Waals surface area contributed by atoms with E-state index in [4.69, 9.17) is 15.4 Å². The van der Waals surface area contributed by atoms with Crippen molar-refractivity contribution in [1.82, 2.24) is 0 Å². The number of nitriles is 1. The summed E-state index contributed by atoms with van der Waals surface area (Å²) in [5, 5.41) is 7.62. The quantitative estimate of drug-likeness (QED) is 0.693. The van der Waals surface area contributed by atoms with Crippen molar-refractivity contribution in [2.75, 3.05) is 0 Å². The van der Waals surface area contributed by atoms with Crippen molar-refractivity contribution in [2.24, 2.45) is 5.73 Å². The van der Waals surface area contributed by atoms with Gasteiger partial charge in [0.15, 0.2) is 0 Å². The molecule has 12 heavy (non-hydrogen) atoms. The van der Waals surface area contributed by atoms with Crippen molar-refractivity contribution < 1.29 is 4.42 Å². The normalized spacial score (nSPS) is 8.17. The van der Waals surface area contributed by atoms with Gasteiger partial charge in [-0.15, -0.1) is 0 Å². The maximum atomic E-state index is 7.62. The topological polar surface area (TPSA) is 63.0 Å². The molecule has 0 aromatic carbocycles. The Hall–Kier alpha value is -1.27. The lowest BCUT2D eigenvalue weighted by Gasteiger charge is -1.83. The molecule has 0 unspecified atom stereocenters. The van der Waals surface area contributed by atoms with Gasteiger partial charge in [0.05, 0.1) is 12.6 Å². The second-order valence-electron chi connectivity index (χ2n) is 2.23. The van der Waals surface area contributed by atoms with E-state index in [1.165, 1.54) is 0 Å². The highest BCUT2D eigenvalue weighted by Crippen LogP contribution is 2.03. The molecule has 1 aromatic heterocycles. The predicted octanol–water partition coefficient (Wildman–Crippen LogP) is 1.97. The highest BCUT2D eigenvalue weighted by Gasteiger charge is 1.91. The molecule has 66 valence electrons. The van der Waals surface area contributed by atoms with Crippen LogP contribution in [0.5, 0.6) is 0 Å². The highest BCUT2D eigenvalue weighted by molar-refractivity contribution is 5.04. The average Bonchev–Trinajstić information content (AvgIpc) is 2.52. The number of hydrogen-bond acceptors (Lipinski definition) is 3. The smallest absolute Gasteiger partial charge is 0.117 e. The van der Waals surface area contributed by atoms with Crippen LogP contribution in [0.2, 0.25) is 0 Å². The molecule has 2 N–H and O–H groups in total. The van der Waals surface area contributed by atoms with E-state index in [-0.39, 0.29) is 0 Å². The Balaban J connectivity index is 0.000000261. The first kappa shape index (κ1) is 10.7. The number of rotatable bonds is 1. The van der Waals surface area contributed by atoms with Crippen LogP contribution in [0.3, 0.4) is 0 Å². The number of aryl methyl sites for hydroxylation is 1. The molecule has 1 rings (SSSR count). The minimum atomic E-state index is 0.494. The van der Waals surface area contributed by atoms with E-state index in [0.29, 0.717) is 13.0 Å². The molecule has 1 heterocycles. The molecule has 0 spiro atoms. The lowest BCUT2D eigenvalue weighted by molar-refractivity contribution is 0.485. The van der Waals surface area contributed by atoms with Crippen molar-refractivity contribution in [3.63, 3.8) is 0 Å². The Kier molecular flexibility index (Phi) is 5.76. The minimum absolute atomic E-state index is 0.494. The summed E-state index contributed by atoms with van der Waals surface area (Å²) < 4.78 is 5.11. The first-order chi connectivity index (χ1) is 5.74. The van der Waals surface area contributed by atoms with Gasteiger partial charge in [0.1, 0.15) is 11.5 Å². The van der Waals surface area contributed by atoms with Gasteiger partial charge in [0.2, 0.25) is 0 Å². The summed E-state index contributed by atoms with van der Waals surface area (Å²) >= 11 is 0. The zero-order chi connectivity index (χ0) is 9.40. The van der Waals surface area contributed by atoms with Crippen molar-refractivity contribution in [1.29, 1.82) is 5.26 Å². The molecule has 0 radical (unpaired) electrons. The molecule has 1 aromatic rings. The largest absolute Gasteiger partial charge is 0.465 e. The second kappa shape index (κ2) is 6.44. The molecule has 0 aliphatic rings. The second-order valence-corrected chi connectivity index (χ2v) is 2.23. The van der Waals surface area contributed by atoms with Crippen LogP contribution in [-0.4, -0.2) is 0 Å². The van der Waals surface area contributed by atoms with Crippen LogP contribution >= 0.6 is 0 Å². The number of nitrogens with zero attached hydrogens (tertiary/aromatic N) is 1. The summed E-state index contributed by atoms with van der Waals surface area (Å²) in [7, 11) is 0. The van der Waals surface area contributed by atoms with Crippen molar-refractivity contribution in [3.05, 3.63) is 23.7 Å². The van der Waals surface area contributed by atoms with Gasteiger partial charge >= 0.3 is 0 Å². The summed E-state index contributed by atoms with van der Waals surface area (Å²) in [5.74, 6) is 1.77. The molecular formula is C9H14N2O. The van der Waals surface area contributed by atoms with Crippen molar-refractivity contribution >= 4 is 0 Å². The van der Waals surface area contributed by atoms with Gasteiger partial charge in [0, 0.05) is 6.42 Å². The van der Waals surface area contributed by atoms with E-state index in [1.54, 1.807) is 0 Å². The fourth-order valence-electron chi connectivity index (χ4n) is 0.595. The van der Waals surface area contributed by atoms with Crippen LogP contribution in [0.15, 0.2) is 16.5 Å². The first-order valence-corrected chi connectivity index (χ1v) is 3.87. The van der Waals surface area contributed by atoms with Crippen LogP contribution in [0.25, 0.3) is 0 Å². The van der Waals surface area contributed by atoms with E-state index in [9.17, 15) is 0 Å². The molecule has 0 fully saturated rings.